The smallest absolute Gasteiger partial charge is 0.217 e. The molecular weight excluding hydrogens is 238 g/mol. The minimum absolute atomic E-state index is 0.118. The summed E-state index contributed by atoms with van der Waals surface area (Å²) in [6.45, 7) is 7.01. The summed E-state index contributed by atoms with van der Waals surface area (Å²) in [5.41, 5.74) is -0.649. The minimum atomic E-state index is -3.40. The molecule has 0 aromatic heterocycles. The van der Waals surface area contributed by atoms with Gasteiger partial charge in [0.05, 0.1) is 16.9 Å². The summed E-state index contributed by atoms with van der Waals surface area (Å²) in [4.78, 5) is 0. The van der Waals surface area contributed by atoms with E-state index in [4.69, 9.17) is 0 Å². The molecule has 1 saturated carbocycles. The van der Waals surface area contributed by atoms with Crippen molar-refractivity contribution in [2.24, 2.45) is 5.92 Å². The summed E-state index contributed by atoms with van der Waals surface area (Å²) in [5, 5.41) is 9.56. The SMILES string of the molecule is CC1CCCC(CO)(NS(=O)(=O)C(C)(C)C)C1. The maximum atomic E-state index is 12.2. The van der Waals surface area contributed by atoms with E-state index in [1.54, 1.807) is 20.8 Å². The third-order valence-corrected chi connectivity index (χ3v) is 5.87. The lowest BCUT2D eigenvalue weighted by molar-refractivity contribution is 0.119. The van der Waals surface area contributed by atoms with Crippen LogP contribution in [0.5, 0.6) is 0 Å². The van der Waals surface area contributed by atoms with E-state index >= 15 is 0 Å². The highest BCUT2D eigenvalue weighted by Crippen LogP contribution is 2.33. The number of aliphatic hydroxyl groups excluding tert-OH is 1. The van der Waals surface area contributed by atoms with Gasteiger partial charge >= 0.3 is 0 Å². The fraction of sp³-hybridized carbons (Fsp3) is 1.00. The Morgan fingerprint density at radius 3 is 2.41 bits per heavy atom. The van der Waals surface area contributed by atoms with Crippen molar-refractivity contribution < 1.29 is 13.5 Å². The maximum Gasteiger partial charge on any atom is 0.217 e. The van der Waals surface area contributed by atoms with Crippen molar-refractivity contribution in [3.05, 3.63) is 0 Å². The Bertz CT molecular complexity index is 358. The third kappa shape index (κ3) is 3.42. The second-order valence-electron chi connectivity index (χ2n) is 6.36. The van der Waals surface area contributed by atoms with Crippen LogP contribution in [0.3, 0.4) is 0 Å². The Kier molecular flexibility index (Phi) is 4.27. The maximum absolute atomic E-state index is 12.2. The van der Waals surface area contributed by atoms with E-state index in [1.165, 1.54) is 0 Å². The van der Waals surface area contributed by atoms with Crippen LogP contribution in [-0.4, -0.2) is 30.4 Å². The molecule has 0 radical (unpaired) electrons. The van der Waals surface area contributed by atoms with Crippen LogP contribution in [0.1, 0.15) is 53.4 Å². The zero-order chi connectivity index (χ0) is 13.3. The number of nitrogens with one attached hydrogen (secondary N) is 1. The van der Waals surface area contributed by atoms with E-state index in [2.05, 4.69) is 11.6 Å². The predicted octanol–water partition coefficient (Wildman–Crippen LogP) is 1.65. The Labute approximate surface area is 105 Å². The third-order valence-electron chi connectivity index (χ3n) is 3.55. The van der Waals surface area contributed by atoms with Gasteiger partial charge in [0, 0.05) is 0 Å². The van der Waals surface area contributed by atoms with Crippen LogP contribution in [-0.2, 0) is 10.0 Å². The van der Waals surface area contributed by atoms with E-state index < -0.39 is 20.3 Å². The first kappa shape index (κ1) is 14.9. The molecule has 1 rings (SSSR count). The van der Waals surface area contributed by atoms with Gasteiger partial charge in [-0.15, -0.1) is 0 Å². The van der Waals surface area contributed by atoms with E-state index in [0.29, 0.717) is 5.92 Å². The molecule has 102 valence electrons. The molecule has 1 fully saturated rings. The molecule has 4 nitrogen and oxygen atoms in total. The molecule has 1 aliphatic carbocycles. The molecule has 0 aromatic rings. The minimum Gasteiger partial charge on any atom is -0.394 e. The highest BCUT2D eigenvalue weighted by Gasteiger charge is 2.41. The van der Waals surface area contributed by atoms with Crippen LogP contribution >= 0.6 is 0 Å². The predicted molar refractivity (Wildman–Crippen MR) is 69.3 cm³/mol. The molecule has 2 N–H and O–H groups in total. The molecular formula is C12H25NO3S. The van der Waals surface area contributed by atoms with Crippen LogP contribution in [0.15, 0.2) is 0 Å². The molecule has 0 heterocycles. The Morgan fingerprint density at radius 2 is 2.00 bits per heavy atom. The first-order valence-corrected chi connectivity index (χ1v) is 7.75. The van der Waals surface area contributed by atoms with Gasteiger partial charge in [-0.1, -0.05) is 19.8 Å². The zero-order valence-electron chi connectivity index (χ0n) is 11.3. The molecule has 0 saturated heterocycles. The number of hydrogen-bond acceptors (Lipinski definition) is 3. The normalized spacial score (nSPS) is 31.5. The van der Waals surface area contributed by atoms with Gasteiger partial charge in [0.2, 0.25) is 10.0 Å². The summed E-state index contributed by atoms with van der Waals surface area (Å²) >= 11 is 0. The number of aliphatic hydroxyl groups is 1. The molecule has 1 aliphatic rings. The van der Waals surface area contributed by atoms with Crippen molar-refractivity contribution in [2.75, 3.05) is 6.61 Å². The lowest BCUT2D eigenvalue weighted by Crippen LogP contribution is -2.57. The highest BCUT2D eigenvalue weighted by atomic mass is 32.2. The molecule has 2 unspecified atom stereocenters. The van der Waals surface area contributed by atoms with Gasteiger partial charge in [-0.25, -0.2) is 13.1 Å². The van der Waals surface area contributed by atoms with Crippen LogP contribution in [0.25, 0.3) is 0 Å². The van der Waals surface area contributed by atoms with Crippen molar-refractivity contribution in [1.29, 1.82) is 0 Å². The van der Waals surface area contributed by atoms with Crippen LogP contribution in [0.2, 0.25) is 0 Å². The van der Waals surface area contributed by atoms with E-state index in [1.807, 2.05) is 0 Å². The van der Waals surface area contributed by atoms with Gasteiger partial charge in [-0.2, -0.15) is 0 Å². The summed E-state index contributed by atoms with van der Waals surface area (Å²) < 4.78 is 26.3. The Balaban J connectivity index is 2.90. The molecule has 0 spiro atoms. The lowest BCUT2D eigenvalue weighted by Gasteiger charge is -2.40. The lowest BCUT2D eigenvalue weighted by atomic mass is 9.78. The van der Waals surface area contributed by atoms with Crippen LogP contribution in [0, 0.1) is 5.92 Å². The fourth-order valence-corrected chi connectivity index (χ4v) is 3.49. The summed E-state index contributed by atoms with van der Waals surface area (Å²) in [5.74, 6) is 0.457. The molecule has 5 heteroatoms. The van der Waals surface area contributed by atoms with E-state index in [-0.39, 0.29) is 6.61 Å². The van der Waals surface area contributed by atoms with Crippen molar-refractivity contribution in [2.45, 2.75) is 63.7 Å². The second-order valence-corrected chi connectivity index (χ2v) is 8.79. The van der Waals surface area contributed by atoms with Crippen LogP contribution in [0.4, 0.5) is 0 Å². The Morgan fingerprint density at radius 1 is 1.41 bits per heavy atom. The highest BCUT2D eigenvalue weighted by molar-refractivity contribution is 7.90. The molecule has 0 aromatic carbocycles. The van der Waals surface area contributed by atoms with Gasteiger partial charge in [-0.3, -0.25) is 0 Å². The number of sulfonamides is 1. The van der Waals surface area contributed by atoms with Crippen molar-refractivity contribution in [3.63, 3.8) is 0 Å². The van der Waals surface area contributed by atoms with Crippen molar-refractivity contribution in [3.8, 4) is 0 Å². The Hall–Kier alpha value is -0.130. The van der Waals surface area contributed by atoms with Crippen molar-refractivity contribution >= 4 is 10.0 Å². The first-order chi connectivity index (χ1) is 7.62. The van der Waals surface area contributed by atoms with E-state index in [9.17, 15) is 13.5 Å². The summed E-state index contributed by atoms with van der Waals surface area (Å²) in [6.07, 6.45) is 3.52. The average Bonchev–Trinajstić information content (AvgIpc) is 2.15. The van der Waals surface area contributed by atoms with Gasteiger partial charge in [0.25, 0.3) is 0 Å². The average molecular weight is 263 g/mol. The zero-order valence-corrected chi connectivity index (χ0v) is 12.1. The second kappa shape index (κ2) is 4.86. The van der Waals surface area contributed by atoms with Crippen molar-refractivity contribution in [1.82, 2.24) is 4.72 Å². The quantitative estimate of drug-likeness (QED) is 0.813. The molecule has 0 amide bonds. The summed E-state index contributed by atoms with van der Waals surface area (Å²) in [7, 11) is -3.40. The van der Waals surface area contributed by atoms with Gasteiger partial charge in [0.1, 0.15) is 0 Å². The largest absolute Gasteiger partial charge is 0.394 e. The first-order valence-electron chi connectivity index (χ1n) is 6.26. The van der Waals surface area contributed by atoms with Gasteiger partial charge in [0.15, 0.2) is 0 Å². The topological polar surface area (TPSA) is 66.4 Å². The van der Waals surface area contributed by atoms with Crippen LogP contribution < -0.4 is 4.72 Å². The molecule has 0 aliphatic heterocycles. The van der Waals surface area contributed by atoms with E-state index in [0.717, 1.165) is 25.7 Å². The molecule has 0 bridgehead atoms. The number of rotatable bonds is 3. The standard InChI is InChI=1S/C12H25NO3S/c1-10-6-5-7-12(8-10,9-14)13-17(15,16)11(2,3)4/h10,13-14H,5-9H2,1-4H3. The fourth-order valence-electron chi connectivity index (χ4n) is 2.37. The molecule has 17 heavy (non-hydrogen) atoms. The van der Waals surface area contributed by atoms with Gasteiger partial charge in [-0.05, 0) is 39.5 Å². The number of hydrogen-bond donors (Lipinski definition) is 2. The summed E-state index contributed by atoms with van der Waals surface area (Å²) in [6, 6.07) is 0. The monoisotopic (exact) mass is 263 g/mol. The van der Waals surface area contributed by atoms with Gasteiger partial charge < -0.3 is 5.11 Å². The molecule has 2 atom stereocenters.